The number of piperidine rings is 1. The number of likely N-dealkylation sites (tertiary alicyclic amines) is 1. The summed E-state index contributed by atoms with van der Waals surface area (Å²) in [6.45, 7) is 2.20. The average Bonchev–Trinajstić information content (AvgIpc) is 3.28. The van der Waals surface area contributed by atoms with E-state index in [2.05, 4.69) is 0 Å². The Kier molecular flexibility index (Phi) is 4.45. The van der Waals surface area contributed by atoms with Crippen molar-refractivity contribution in [3.63, 3.8) is 0 Å². The van der Waals surface area contributed by atoms with Gasteiger partial charge in [0.15, 0.2) is 0 Å². The van der Waals surface area contributed by atoms with Crippen LogP contribution in [0.1, 0.15) is 18.4 Å². The molecule has 5 heteroatoms. The predicted octanol–water partition coefficient (Wildman–Crippen LogP) is 0.374. The van der Waals surface area contributed by atoms with Crippen molar-refractivity contribution in [2.45, 2.75) is 37.7 Å². The van der Waals surface area contributed by atoms with E-state index >= 15 is 0 Å². The highest BCUT2D eigenvalue weighted by molar-refractivity contribution is 5.27. The maximum absolute atomic E-state index is 9.70. The van der Waals surface area contributed by atoms with Crippen LogP contribution in [0.3, 0.4) is 0 Å². The first kappa shape index (κ1) is 14.8. The van der Waals surface area contributed by atoms with Crippen molar-refractivity contribution in [3.05, 3.63) is 29.8 Å². The van der Waals surface area contributed by atoms with Gasteiger partial charge >= 0.3 is 0 Å². The number of benzene rings is 1. The fraction of sp³-hybridized carbons (Fsp3) is 0.625. The number of nitrogens with zero attached hydrogens (tertiary/aromatic N) is 1. The lowest BCUT2D eigenvalue weighted by Crippen LogP contribution is -2.54. The zero-order valence-electron chi connectivity index (χ0n) is 12.1. The molecule has 0 spiro atoms. The molecule has 1 heterocycles. The monoisotopic (exact) mass is 293 g/mol. The molecule has 0 aromatic heterocycles. The van der Waals surface area contributed by atoms with Crippen molar-refractivity contribution in [1.29, 1.82) is 0 Å². The van der Waals surface area contributed by atoms with Gasteiger partial charge in [0.05, 0.1) is 18.8 Å². The van der Waals surface area contributed by atoms with Crippen LogP contribution < -0.4 is 4.74 Å². The lowest BCUT2D eigenvalue weighted by molar-refractivity contribution is -0.111. The number of hydrogen-bond acceptors (Lipinski definition) is 5. The molecule has 0 bridgehead atoms. The van der Waals surface area contributed by atoms with E-state index in [-0.39, 0.29) is 0 Å². The normalized spacial score (nSPS) is 30.3. The quantitative estimate of drug-likeness (QED) is 0.732. The molecule has 21 heavy (non-hydrogen) atoms. The number of ether oxygens (including phenoxy) is 1. The highest BCUT2D eigenvalue weighted by atomic mass is 16.5. The molecule has 1 aliphatic heterocycles. The van der Waals surface area contributed by atoms with Gasteiger partial charge in [0, 0.05) is 19.6 Å². The van der Waals surface area contributed by atoms with E-state index in [1.165, 1.54) is 12.8 Å². The minimum atomic E-state index is -1.04. The van der Waals surface area contributed by atoms with Crippen molar-refractivity contribution in [2.24, 2.45) is 5.92 Å². The topological polar surface area (TPSA) is 73.2 Å². The molecule has 1 saturated heterocycles. The van der Waals surface area contributed by atoms with Gasteiger partial charge in [-0.15, -0.1) is 0 Å². The van der Waals surface area contributed by atoms with Crippen LogP contribution in [0.5, 0.6) is 5.75 Å². The van der Waals surface area contributed by atoms with Crippen LogP contribution in [-0.4, -0.2) is 58.2 Å². The maximum Gasteiger partial charge on any atom is 0.119 e. The maximum atomic E-state index is 9.70. The van der Waals surface area contributed by atoms with Crippen LogP contribution in [0.4, 0.5) is 0 Å². The fourth-order valence-electron chi connectivity index (χ4n) is 2.65. The average molecular weight is 293 g/mol. The number of aliphatic hydroxyl groups is 3. The Labute approximate surface area is 124 Å². The summed E-state index contributed by atoms with van der Waals surface area (Å²) in [4.78, 5) is 1.95. The third kappa shape index (κ3) is 3.95. The van der Waals surface area contributed by atoms with Crippen LogP contribution >= 0.6 is 0 Å². The highest BCUT2D eigenvalue weighted by Gasteiger charge is 2.33. The SMILES string of the molecule is OC1[C@H](O)CN(Cc2ccc(OCC3CC3)cc2)C[C@@H]1O. The zero-order chi connectivity index (χ0) is 14.8. The molecule has 3 atom stereocenters. The summed E-state index contributed by atoms with van der Waals surface area (Å²) in [5, 5.41) is 28.9. The Hall–Kier alpha value is -1.14. The number of hydrogen-bond donors (Lipinski definition) is 3. The first-order valence-corrected chi connectivity index (χ1v) is 7.60. The lowest BCUT2D eigenvalue weighted by atomic mass is 10.0. The molecule has 0 radical (unpaired) electrons. The van der Waals surface area contributed by atoms with E-state index in [0.717, 1.165) is 23.8 Å². The van der Waals surface area contributed by atoms with Gasteiger partial charge in [0.1, 0.15) is 11.9 Å². The minimum Gasteiger partial charge on any atom is -0.493 e. The van der Waals surface area contributed by atoms with Gasteiger partial charge in [0.25, 0.3) is 0 Å². The van der Waals surface area contributed by atoms with Crippen molar-refractivity contribution < 1.29 is 20.1 Å². The first-order chi connectivity index (χ1) is 10.1. The van der Waals surface area contributed by atoms with Gasteiger partial charge in [-0.3, -0.25) is 4.90 Å². The molecule has 3 rings (SSSR count). The van der Waals surface area contributed by atoms with E-state index in [1.54, 1.807) is 0 Å². The standard InChI is InChI=1S/C16H23NO4/c18-14-8-17(9-15(19)16(14)20)7-11-3-5-13(6-4-11)21-10-12-1-2-12/h3-6,12,14-16,18-20H,1-2,7-10H2/t14-,15+,16?. The first-order valence-electron chi connectivity index (χ1n) is 7.60. The predicted molar refractivity (Wildman–Crippen MR) is 78.0 cm³/mol. The molecule has 1 unspecified atom stereocenters. The molecule has 1 aromatic carbocycles. The summed E-state index contributed by atoms with van der Waals surface area (Å²) in [7, 11) is 0. The minimum absolute atomic E-state index is 0.373. The van der Waals surface area contributed by atoms with Crippen LogP contribution in [0.2, 0.25) is 0 Å². The smallest absolute Gasteiger partial charge is 0.119 e. The fourth-order valence-corrected chi connectivity index (χ4v) is 2.65. The van der Waals surface area contributed by atoms with Gasteiger partial charge in [-0.1, -0.05) is 12.1 Å². The van der Waals surface area contributed by atoms with Crippen LogP contribution in [0.15, 0.2) is 24.3 Å². The molecule has 0 amide bonds. The molecule has 1 saturated carbocycles. The summed E-state index contributed by atoms with van der Waals surface area (Å²) < 4.78 is 5.70. The largest absolute Gasteiger partial charge is 0.493 e. The molecule has 116 valence electrons. The summed E-state index contributed by atoms with van der Waals surface area (Å²) in [6, 6.07) is 7.94. The van der Waals surface area contributed by atoms with Gasteiger partial charge in [-0.25, -0.2) is 0 Å². The Morgan fingerprint density at radius 2 is 1.62 bits per heavy atom. The Morgan fingerprint density at radius 3 is 2.19 bits per heavy atom. The highest BCUT2D eigenvalue weighted by Crippen LogP contribution is 2.29. The lowest BCUT2D eigenvalue weighted by Gasteiger charge is -2.36. The van der Waals surface area contributed by atoms with E-state index in [1.807, 2.05) is 29.2 Å². The zero-order valence-corrected chi connectivity index (χ0v) is 12.1. The van der Waals surface area contributed by atoms with Gasteiger partial charge in [0.2, 0.25) is 0 Å². The van der Waals surface area contributed by atoms with E-state index in [4.69, 9.17) is 4.74 Å². The van der Waals surface area contributed by atoms with Gasteiger partial charge in [-0.2, -0.15) is 0 Å². The van der Waals surface area contributed by atoms with Crippen molar-refractivity contribution in [2.75, 3.05) is 19.7 Å². The Balaban J connectivity index is 1.52. The number of β-amino-alcohol motifs (C(OH)–C–C–N with tert-alkyl or cyclic N) is 2. The van der Waals surface area contributed by atoms with E-state index in [9.17, 15) is 15.3 Å². The van der Waals surface area contributed by atoms with Crippen LogP contribution in [-0.2, 0) is 6.54 Å². The van der Waals surface area contributed by atoms with Crippen LogP contribution in [0, 0.1) is 5.92 Å². The number of aliphatic hydroxyl groups excluding tert-OH is 3. The molecule has 2 aliphatic rings. The van der Waals surface area contributed by atoms with E-state index < -0.39 is 18.3 Å². The molecule has 1 aromatic rings. The van der Waals surface area contributed by atoms with E-state index in [0.29, 0.717) is 19.6 Å². The summed E-state index contributed by atoms with van der Waals surface area (Å²) in [5.74, 6) is 1.63. The summed E-state index contributed by atoms with van der Waals surface area (Å²) in [6.07, 6.45) is -0.267. The Morgan fingerprint density at radius 1 is 1.00 bits per heavy atom. The summed E-state index contributed by atoms with van der Waals surface area (Å²) in [5.41, 5.74) is 1.10. The molecular formula is C16H23NO4. The molecular weight excluding hydrogens is 270 g/mol. The second-order valence-corrected chi connectivity index (χ2v) is 6.22. The van der Waals surface area contributed by atoms with Crippen molar-refractivity contribution >= 4 is 0 Å². The van der Waals surface area contributed by atoms with Crippen LogP contribution in [0.25, 0.3) is 0 Å². The molecule has 2 fully saturated rings. The molecule has 1 aliphatic carbocycles. The third-order valence-corrected chi connectivity index (χ3v) is 4.19. The Bertz CT molecular complexity index is 448. The molecule has 3 N–H and O–H groups in total. The van der Waals surface area contributed by atoms with Gasteiger partial charge < -0.3 is 20.1 Å². The molecule has 5 nitrogen and oxygen atoms in total. The third-order valence-electron chi connectivity index (χ3n) is 4.19. The van der Waals surface area contributed by atoms with Gasteiger partial charge in [-0.05, 0) is 36.5 Å². The second-order valence-electron chi connectivity index (χ2n) is 6.22. The number of rotatable bonds is 5. The summed E-state index contributed by atoms with van der Waals surface area (Å²) >= 11 is 0. The van der Waals surface area contributed by atoms with Crippen molar-refractivity contribution in [1.82, 2.24) is 4.90 Å². The second kappa shape index (κ2) is 6.32. The van der Waals surface area contributed by atoms with Crippen molar-refractivity contribution in [3.8, 4) is 5.75 Å².